The molecule has 1 spiro atoms. The van der Waals surface area contributed by atoms with E-state index < -0.39 is 6.36 Å². The molecule has 162 valence electrons. The molecule has 1 aliphatic carbocycles. The Morgan fingerprint density at radius 1 is 1.10 bits per heavy atom. The summed E-state index contributed by atoms with van der Waals surface area (Å²) in [7, 11) is 0. The fraction of sp³-hybridized carbons (Fsp3) is 0.619. The van der Waals surface area contributed by atoms with Crippen LogP contribution in [0.3, 0.4) is 0 Å². The molecule has 2 saturated heterocycles. The molecular weight excluding hydrogens is 413 g/mol. The van der Waals surface area contributed by atoms with Gasteiger partial charge in [0, 0.05) is 24.5 Å². The maximum Gasteiger partial charge on any atom is 0.573 e. The number of likely N-dealkylation sites (tertiary alicyclic amines) is 1. The highest BCUT2D eigenvalue weighted by Crippen LogP contribution is 2.49. The molecule has 0 radical (unpaired) electrons. The lowest BCUT2D eigenvalue weighted by molar-refractivity contribution is -0.275. The van der Waals surface area contributed by atoms with Crippen LogP contribution in [-0.4, -0.2) is 53.7 Å². The summed E-state index contributed by atoms with van der Waals surface area (Å²) in [4.78, 5) is 4.88. The van der Waals surface area contributed by atoms with Gasteiger partial charge in [0.05, 0.1) is 0 Å². The van der Waals surface area contributed by atoms with Gasteiger partial charge in [-0.3, -0.25) is 0 Å². The van der Waals surface area contributed by atoms with Crippen LogP contribution in [-0.2, 0) is 0 Å². The van der Waals surface area contributed by atoms with Gasteiger partial charge in [-0.2, -0.15) is 0 Å². The van der Waals surface area contributed by atoms with Crippen molar-refractivity contribution in [2.45, 2.75) is 50.4 Å². The van der Waals surface area contributed by atoms with Crippen LogP contribution in [0, 0.1) is 5.41 Å². The lowest BCUT2D eigenvalue weighted by Crippen LogP contribution is -2.56. The molecule has 3 heterocycles. The van der Waals surface area contributed by atoms with Gasteiger partial charge in [0.1, 0.15) is 11.3 Å². The van der Waals surface area contributed by atoms with Crippen molar-refractivity contribution in [2.75, 3.05) is 31.1 Å². The van der Waals surface area contributed by atoms with Crippen LogP contribution >= 0.6 is 11.3 Å². The average molecular weight is 439 g/mol. The first-order valence-corrected chi connectivity index (χ1v) is 11.4. The van der Waals surface area contributed by atoms with Crippen molar-refractivity contribution >= 4 is 16.5 Å². The molecule has 3 aliphatic rings. The van der Waals surface area contributed by atoms with E-state index in [-0.39, 0.29) is 11.7 Å². The maximum atomic E-state index is 12.7. The summed E-state index contributed by atoms with van der Waals surface area (Å²) in [6, 6.07) is 7.19. The minimum atomic E-state index is -4.65. The van der Waals surface area contributed by atoms with Crippen molar-refractivity contribution in [2.24, 2.45) is 5.41 Å². The normalized spacial score (nSPS) is 24.9. The summed E-state index contributed by atoms with van der Waals surface area (Å²) in [5.41, 5.74) is 2.87. The van der Waals surface area contributed by atoms with E-state index in [2.05, 4.69) is 24.7 Å². The molecule has 1 saturated carbocycles. The smallest absolute Gasteiger partial charge is 0.405 e. The first kappa shape index (κ1) is 20.1. The zero-order valence-electron chi connectivity index (χ0n) is 16.6. The van der Waals surface area contributed by atoms with Crippen LogP contribution in [0.4, 0.5) is 18.3 Å². The largest absolute Gasteiger partial charge is 0.573 e. The van der Waals surface area contributed by atoms with Crippen LogP contribution < -0.4 is 9.64 Å². The first-order valence-electron chi connectivity index (χ1n) is 10.5. The standard InChI is InChI=1S/C21H25F3N4OS/c22-21(23,24)29-18-4-2-1-3-17(18)15-6-9-27(10-7-15)16-5-8-20(11-16)12-28(13-20)19-26-25-14-30-19/h1-4,14-16H,5-13H2/t16-/m0/s1. The van der Waals surface area contributed by atoms with Crippen molar-refractivity contribution in [1.82, 2.24) is 15.1 Å². The number of rotatable bonds is 4. The van der Waals surface area contributed by atoms with E-state index in [9.17, 15) is 13.2 Å². The van der Waals surface area contributed by atoms with E-state index in [1.165, 1.54) is 25.3 Å². The Bertz CT molecular complexity index is 861. The number of anilines is 1. The van der Waals surface area contributed by atoms with Crippen molar-refractivity contribution in [3.63, 3.8) is 0 Å². The summed E-state index contributed by atoms with van der Waals surface area (Å²) in [6.45, 7) is 4.01. The SMILES string of the molecule is FC(F)(F)Oc1ccccc1C1CCN([C@H]2CCC3(C2)CN(c2nncs2)C3)CC1. The number of halogens is 3. The van der Waals surface area contributed by atoms with E-state index in [4.69, 9.17) is 0 Å². The van der Waals surface area contributed by atoms with Gasteiger partial charge < -0.3 is 14.5 Å². The van der Waals surface area contributed by atoms with Gasteiger partial charge in [-0.05, 0) is 62.7 Å². The molecule has 0 unspecified atom stereocenters. The van der Waals surface area contributed by atoms with Crippen molar-refractivity contribution in [3.8, 4) is 5.75 Å². The number of piperidine rings is 1. The minimum absolute atomic E-state index is 0.0468. The molecule has 0 amide bonds. The highest BCUT2D eigenvalue weighted by Gasteiger charge is 2.50. The Labute approximate surface area is 177 Å². The second-order valence-corrected chi connectivity index (χ2v) is 9.68. The highest BCUT2D eigenvalue weighted by atomic mass is 32.1. The number of nitrogens with zero attached hydrogens (tertiary/aromatic N) is 4. The summed E-state index contributed by atoms with van der Waals surface area (Å²) < 4.78 is 42.5. The fourth-order valence-electron chi connectivity index (χ4n) is 5.59. The third-order valence-electron chi connectivity index (χ3n) is 6.98. The molecule has 1 atom stereocenters. The molecule has 9 heteroatoms. The number of aromatic nitrogens is 2. The molecule has 5 nitrogen and oxygen atoms in total. The molecule has 30 heavy (non-hydrogen) atoms. The van der Waals surface area contributed by atoms with Crippen LogP contribution in [0.1, 0.15) is 43.6 Å². The van der Waals surface area contributed by atoms with E-state index in [0.29, 0.717) is 17.0 Å². The molecule has 3 fully saturated rings. The third-order valence-corrected chi connectivity index (χ3v) is 7.73. The first-order chi connectivity index (χ1) is 14.4. The number of hydrogen-bond acceptors (Lipinski definition) is 6. The van der Waals surface area contributed by atoms with E-state index >= 15 is 0 Å². The topological polar surface area (TPSA) is 41.5 Å². The van der Waals surface area contributed by atoms with Gasteiger partial charge in [-0.25, -0.2) is 0 Å². The summed E-state index contributed by atoms with van der Waals surface area (Å²) in [6.07, 6.45) is 0.760. The second kappa shape index (κ2) is 7.67. The molecule has 1 aromatic heterocycles. The fourth-order valence-corrected chi connectivity index (χ4v) is 6.15. The Morgan fingerprint density at radius 3 is 2.57 bits per heavy atom. The molecule has 1 aromatic carbocycles. The van der Waals surface area contributed by atoms with Crippen molar-refractivity contribution < 1.29 is 17.9 Å². The molecule has 2 aliphatic heterocycles. The predicted octanol–water partition coefficient (Wildman–Crippen LogP) is 4.68. The number of para-hydroxylation sites is 1. The average Bonchev–Trinajstić information content (AvgIpc) is 3.36. The van der Waals surface area contributed by atoms with Crippen LogP contribution in [0.15, 0.2) is 29.8 Å². The van der Waals surface area contributed by atoms with Gasteiger partial charge in [0.15, 0.2) is 0 Å². The molecule has 0 bridgehead atoms. The lowest BCUT2D eigenvalue weighted by atomic mass is 9.78. The maximum absolute atomic E-state index is 12.7. The zero-order chi connectivity index (χ0) is 20.8. The Morgan fingerprint density at radius 2 is 1.87 bits per heavy atom. The minimum Gasteiger partial charge on any atom is -0.405 e. The second-order valence-electron chi connectivity index (χ2n) is 8.87. The lowest BCUT2D eigenvalue weighted by Gasteiger charge is -2.48. The van der Waals surface area contributed by atoms with Gasteiger partial charge in [0.25, 0.3) is 0 Å². The quantitative estimate of drug-likeness (QED) is 0.694. The van der Waals surface area contributed by atoms with Gasteiger partial charge in [-0.1, -0.05) is 29.5 Å². The third kappa shape index (κ3) is 4.01. The summed E-state index contributed by atoms with van der Waals surface area (Å²) >= 11 is 1.59. The molecule has 2 aromatic rings. The Balaban J connectivity index is 1.16. The van der Waals surface area contributed by atoms with Gasteiger partial charge in [-0.15, -0.1) is 23.4 Å². The van der Waals surface area contributed by atoms with E-state index in [1.807, 2.05) is 0 Å². The van der Waals surface area contributed by atoms with Gasteiger partial charge >= 0.3 is 6.36 Å². The predicted molar refractivity (Wildman–Crippen MR) is 109 cm³/mol. The van der Waals surface area contributed by atoms with Gasteiger partial charge in [0.2, 0.25) is 5.13 Å². The zero-order valence-corrected chi connectivity index (χ0v) is 17.5. The molecular formula is C21H25F3N4OS. The van der Waals surface area contributed by atoms with E-state index in [1.54, 1.807) is 35.0 Å². The van der Waals surface area contributed by atoms with Crippen molar-refractivity contribution in [1.29, 1.82) is 0 Å². The highest BCUT2D eigenvalue weighted by molar-refractivity contribution is 7.13. The monoisotopic (exact) mass is 438 g/mol. The Hall–Kier alpha value is -1.87. The van der Waals surface area contributed by atoms with Crippen molar-refractivity contribution in [3.05, 3.63) is 35.3 Å². The molecule has 0 N–H and O–H groups in total. The summed E-state index contributed by atoms with van der Waals surface area (Å²) in [5.74, 6) is 0.0706. The Kier molecular flexibility index (Phi) is 5.13. The summed E-state index contributed by atoms with van der Waals surface area (Å²) in [5, 5.41) is 9.12. The number of benzene rings is 1. The van der Waals surface area contributed by atoms with Crippen LogP contribution in [0.5, 0.6) is 5.75 Å². The number of alkyl halides is 3. The van der Waals surface area contributed by atoms with Crippen LogP contribution in [0.2, 0.25) is 0 Å². The molecule has 5 rings (SSSR count). The van der Waals surface area contributed by atoms with E-state index in [0.717, 1.165) is 44.2 Å². The van der Waals surface area contributed by atoms with Crippen LogP contribution in [0.25, 0.3) is 0 Å². The number of ether oxygens (including phenoxy) is 1. The number of hydrogen-bond donors (Lipinski definition) is 0.